The quantitative estimate of drug-likeness (QED) is 0.427. The number of aliphatic hydroxyl groups excluding tert-OH is 1. The summed E-state index contributed by atoms with van der Waals surface area (Å²) in [6, 6.07) is 5.13. The molecule has 0 spiro atoms. The van der Waals surface area contributed by atoms with Crippen molar-refractivity contribution in [1.82, 2.24) is 19.8 Å². The number of nitrogens with two attached hydrogens (primary N) is 1. The number of rotatable bonds is 7. The fraction of sp³-hybridized carbons (Fsp3) is 0.462. The number of ether oxygens (including phenoxy) is 1. The molecule has 0 saturated carbocycles. The van der Waals surface area contributed by atoms with Crippen LogP contribution in [-0.4, -0.2) is 80.2 Å². The highest BCUT2D eigenvalue weighted by Crippen LogP contribution is 2.37. The number of amides is 1. The Balaban J connectivity index is 1.59. The van der Waals surface area contributed by atoms with Gasteiger partial charge in [-0.3, -0.25) is 14.5 Å². The van der Waals surface area contributed by atoms with E-state index in [1.54, 1.807) is 24.8 Å². The van der Waals surface area contributed by atoms with Gasteiger partial charge in [-0.25, -0.2) is 9.97 Å². The van der Waals surface area contributed by atoms with Crippen molar-refractivity contribution in [3.05, 3.63) is 41.4 Å². The van der Waals surface area contributed by atoms with Crippen LogP contribution in [0, 0.1) is 0 Å². The summed E-state index contributed by atoms with van der Waals surface area (Å²) in [5.74, 6) is -0.144. The number of thioether (sulfide) groups is 1. The van der Waals surface area contributed by atoms with E-state index in [4.69, 9.17) is 14.9 Å². The van der Waals surface area contributed by atoms with Gasteiger partial charge in [-0.05, 0) is 38.1 Å². The molecule has 14 heteroatoms. The van der Waals surface area contributed by atoms with Crippen LogP contribution in [0.2, 0.25) is 0 Å². The molecule has 0 bridgehead atoms. The van der Waals surface area contributed by atoms with Crippen LogP contribution in [0.15, 0.2) is 28.7 Å². The van der Waals surface area contributed by atoms with Crippen molar-refractivity contribution in [2.75, 3.05) is 33.3 Å². The SMILES string of the molecule is COc1ccc(-c2nc(C(=O)N3CCN(C(O)C(C)(C)SC(C)=O)CC3)c(CN)o2)c2ccc(C(F)(F)F)nc12. The molecule has 3 aromatic rings. The maximum atomic E-state index is 13.4. The molecule has 1 atom stereocenters. The van der Waals surface area contributed by atoms with Crippen molar-refractivity contribution < 1.29 is 37.0 Å². The lowest BCUT2D eigenvalue weighted by Crippen LogP contribution is -2.56. The molecule has 1 saturated heterocycles. The zero-order valence-electron chi connectivity index (χ0n) is 22.4. The van der Waals surface area contributed by atoms with Gasteiger partial charge in [-0.15, -0.1) is 0 Å². The van der Waals surface area contributed by atoms with Crippen LogP contribution in [-0.2, 0) is 17.5 Å². The van der Waals surface area contributed by atoms with E-state index in [-0.39, 0.29) is 40.3 Å². The van der Waals surface area contributed by atoms with E-state index < -0.39 is 28.8 Å². The Labute approximate surface area is 232 Å². The highest BCUT2D eigenvalue weighted by molar-refractivity contribution is 8.14. The summed E-state index contributed by atoms with van der Waals surface area (Å²) in [6.45, 7) is 6.20. The molecule has 3 heterocycles. The van der Waals surface area contributed by atoms with Gasteiger partial charge in [0.05, 0.1) is 18.4 Å². The highest BCUT2D eigenvalue weighted by Gasteiger charge is 2.38. The first kappa shape index (κ1) is 29.8. The Kier molecular flexibility index (Phi) is 8.45. The maximum Gasteiger partial charge on any atom is 0.433 e. The number of oxazole rings is 1. The molecule has 1 fully saturated rings. The van der Waals surface area contributed by atoms with E-state index in [0.717, 1.165) is 17.8 Å². The maximum absolute atomic E-state index is 13.4. The molecule has 3 N–H and O–H groups in total. The fourth-order valence-corrected chi connectivity index (χ4v) is 5.65. The molecule has 216 valence electrons. The van der Waals surface area contributed by atoms with Gasteiger partial charge in [-0.1, -0.05) is 11.8 Å². The normalized spacial score (nSPS) is 15.9. The van der Waals surface area contributed by atoms with Crippen LogP contribution >= 0.6 is 11.8 Å². The zero-order chi connectivity index (χ0) is 29.4. The summed E-state index contributed by atoms with van der Waals surface area (Å²) in [4.78, 5) is 36.5. The van der Waals surface area contributed by atoms with E-state index in [2.05, 4.69) is 9.97 Å². The molecular formula is C26H30F3N5O5S. The van der Waals surface area contributed by atoms with Crippen LogP contribution in [0.1, 0.15) is 42.7 Å². The lowest BCUT2D eigenvalue weighted by molar-refractivity contribution is -0.141. The average molecular weight is 582 g/mol. The number of nitrogens with zero attached hydrogens (tertiary/aromatic N) is 4. The molecule has 1 unspecified atom stereocenters. The van der Waals surface area contributed by atoms with Gasteiger partial charge in [0.2, 0.25) is 5.89 Å². The first-order valence-electron chi connectivity index (χ1n) is 12.4. The minimum atomic E-state index is -4.65. The van der Waals surface area contributed by atoms with Crippen LogP contribution in [0.25, 0.3) is 22.4 Å². The third kappa shape index (κ3) is 5.94. The fourth-order valence-electron chi connectivity index (χ4n) is 4.66. The van der Waals surface area contributed by atoms with Crippen molar-refractivity contribution in [3.8, 4) is 17.2 Å². The third-order valence-electron chi connectivity index (χ3n) is 6.62. The smallest absolute Gasteiger partial charge is 0.433 e. The number of hydrogen-bond donors (Lipinski definition) is 2. The molecule has 4 rings (SSSR count). The molecule has 1 aliphatic heterocycles. The Morgan fingerprint density at radius 3 is 2.40 bits per heavy atom. The molecule has 10 nitrogen and oxygen atoms in total. The number of halogens is 3. The van der Waals surface area contributed by atoms with Crippen molar-refractivity contribution in [2.45, 2.75) is 44.5 Å². The summed E-state index contributed by atoms with van der Waals surface area (Å²) >= 11 is 1.06. The monoisotopic (exact) mass is 581 g/mol. The van der Waals surface area contributed by atoms with Gasteiger partial charge >= 0.3 is 6.18 Å². The second-order valence-corrected chi connectivity index (χ2v) is 11.6. The second-order valence-electron chi connectivity index (χ2n) is 9.80. The second kappa shape index (κ2) is 11.4. The molecule has 2 aromatic heterocycles. The Bertz CT molecular complexity index is 1420. The van der Waals surface area contributed by atoms with E-state index in [9.17, 15) is 27.9 Å². The van der Waals surface area contributed by atoms with Gasteiger partial charge in [0.15, 0.2) is 16.6 Å². The summed E-state index contributed by atoms with van der Waals surface area (Å²) in [5, 5.41) is 11.0. The number of pyridine rings is 1. The number of piperazine rings is 1. The first-order valence-corrected chi connectivity index (χ1v) is 13.2. The number of aromatic nitrogens is 2. The summed E-state index contributed by atoms with van der Waals surface area (Å²) in [5.41, 5.74) is 5.07. The Morgan fingerprint density at radius 1 is 1.15 bits per heavy atom. The number of hydrogen-bond acceptors (Lipinski definition) is 10. The molecular weight excluding hydrogens is 551 g/mol. The van der Waals surface area contributed by atoms with Crippen LogP contribution in [0.3, 0.4) is 0 Å². The van der Waals surface area contributed by atoms with Gasteiger partial charge in [0.1, 0.15) is 23.2 Å². The standard InChI is InChI=1S/C26H30F3N5O5S/c1-14(35)40-25(2,3)24(37)34-11-9-33(10-12-34)23(36)21-18(13-30)39-22(32-21)16-5-7-17(38-4)20-15(16)6-8-19(31-20)26(27,28)29/h5-8,24,37H,9-13,30H2,1-4H3. The van der Waals surface area contributed by atoms with Crippen LogP contribution < -0.4 is 10.5 Å². The zero-order valence-corrected chi connectivity index (χ0v) is 23.2. The van der Waals surface area contributed by atoms with E-state index in [1.165, 1.54) is 26.2 Å². The Morgan fingerprint density at radius 2 is 1.82 bits per heavy atom. The number of carbonyl (C=O) groups excluding carboxylic acids is 2. The minimum Gasteiger partial charge on any atom is -0.494 e. The van der Waals surface area contributed by atoms with E-state index in [0.29, 0.717) is 37.1 Å². The van der Waals surface area contributed by atoms with E-state index >= 15 is 0 Å². The summed E-state index contributed by atoms with van der Waals surface area (Å²) < 4.78 is 50.2. The molecule has 1 amide bonds. The van der Waals surface area contributed by atoms with Gasteiger partial charge in [-0.2, -0.15) is 13.2 Å². The predicted octanol–water partition coefficient (Wildman–Crippen LogP) is 3.51. The lowest BCUT2D eigenvalue weighted by Gasteiger charge is -2.42. The van der Waals surface area contributed by atoms with Crippen LogP contribution in [0.5, 0.6) is 5.75 Å². The average Bonchev–Trinajstić information content (AvgIpc) is 3.34. The van der Waals surface area contributed by atoms with Crippen molar-refractivity contribution in [3.63, 3.8) is 0 Å². The largest absolute Gasteiger partial charge is 0.494 e. The topological polar surface area (TPSA) is 135 Å². The molecule has 1 aliphatic rings. The Hall–Kier alpha value is -3.20. The summed E-state index contributed by atoms with van der Waals surface area (Å²) in [6.07, 6.45) is -5.54. The number of aliphatic hydroxyl groups is 1. The number of alkyl halides is 3. The number of methoxy groups -OCH3 is 1. The number of carbonyl (C=O) groups is 2. The lowest BCUT2D eigenvalue weighted by atomic mass is 10.1. The van der Waals surface area contributed by atoms with Crippen molar-refractivity contribution in [1.29, 1.82) is 0 Å². The van der Waals surface area contributed by atoms with Gasteiger partial charge in [0, 0.05) is 44.1 Å². The molecule has 0 radical (unpaired) electrons. The molecule has 0 aliphatic carbocycles. The molecule has 40 heavy (non-hydrogen) atoms. The van der Waals surface area contributed by atoms with Gasteiger partial charge in [0.25, 0.3) is 5.91 Å². The summed E-state index contributed by atoms with van der Waals surface area (Å²) in [7, 11) is 1.33. The predicted molar refractivity (Wildman–Crippen MR) is 143 cm³/mol. The first-order chi connectivity index (χ1) is 18.8. The molecule has 1 aromatic carbocycles. The number of benzene rings is 1. The van der Waals surface area contributed by atoms with Crippen LogP contribution in [0.4, 0.5) is 13.2 Å². The highest BCUT2D eigenvalue weighted by atomic mass is 32.2. The minimum absolute atomic E-state index is 0.00259. The number of fused-ring (bicyclic) bond motifs is 1. The van der Waals surface area contributed by atoms with E-state index in [1.807, 2.05) is 4.90 Å². The van der Waals surface area contributed by atoms with Crippen molar-refractivity contribution in [2.24, 2.45) is 5.73 Å². The third-order valence-corrected chi connectivity index (χ3v) is 7.65. The van der Waals surface area contributed by atoms with Gasteiger partial charge < -0.3 is 24.9 Å². The van der Waals surface area contributed by atoms with Crippen molar-refractivity contribution >= 4 is 33.7 Å².